The van der Waals surface area contributed by atoms with Crippen LogP contribution in [0.3, 0.4) is 0 Å². The van der Waals surface area contributed by atoms with E-state index < -0.39 is 11.7 Å². The summed E-state index contributed by atoms with van der Waals surface area (Å²) in [7, 11) is 0. The lowest BCUT2D eigenvalue weighted by atomic mass is 10.0. The number of ketones is 1. The van der Waals surface area contributed by atoms with Crippen molar-refractivity contribution in [3.63, 3.8) is 0 Å². The number of nitrogens with one attached hydrogen (secondary N) is 1. The van der Waals surface area contributed by atoms with E-state index in [9.17, 15) is 9.59 Å². The maximum absolute atomic E-state index is 12.9. The number of hydrogen-bond donors (Lipinski definition) is 1. The first-order valence-corrected chi connectivity index (χ1v) is 8.51. The molecule has 0 aliphatic carbocycles. The van der Waals surface area contributed by atoms with Crippen LogP contribution in [0.2, 0.25) is 0 Å². The summed E-state index contributed by atoms with van der Waals surface area (Å²) in [5, 5.41) is 3.90. The Morgan fingerprint density at radius 2 is 1.96 bits per heavy atom. The van der Waals surface area contributed by atoms with Gasteiger partial charge in [-0.3, -0.25) is 14.6 Å². The lowest BCUT2D eigenvalue weighted by Gasteiger charge is -2.08. The topological polar surface area (TPSA) is 81.4 Å². The Bertz CT molecular complexity index is 1150. The smallest absolute Gasteiger partial charge is 0.296 e. The van der Waals surface area contributed by atoms with Crippen LogP contribution in [-0.2, 0) is 4.79 Å². The van der Waals surface area contributed by atoms with Crippen LogP contribution in [0, 0.1) is 0 Å². The first-order chi connectivity index (χ1) is 13.2. The fourth-order valence-electron chi connectivity index (χ4n) is 3.01. The summed E-state index contributed by atoms with van der Waals surface area (Å²) in [4.78, 5) is 29.3. The number of Topliss-reactive ketones (excluding diaryl/α,β-unsaturated/α-hetero) is 1. The molecular formula is C21H16N2O4. The molecule has 0 bridgehead atoms. The van der Waals surface area contributed by atoms with Crippen molar-refractivity contribution in [2.24, 2.45) is 0 Å². The molecule has 0 saturated carbocycles. The van der Waals surface area contributed by atoms with Gasteiger partial charge in [-0.15, -0.1) is 0 Å². The zero-order chi connectivity index (χ0) is 18.8. The number of anilines is 1. The summed E-state index contributed by atoms with van der Waals surface area (Å²) in [5.74, 6) is -0.856. The van der Waals surface area contributed by atoms with Gasteiger partial charge in [0.15, 0.2) is 11.3 Å². The predicted octanol–water partition coefficient (Wildman–Crippen LogP) is 4.20. The summed E-state index contributed by atoms with van der Waals surface area (Å²) in [5.41, 5.74) is 1.80. The first kappa shape index (κ1) is 16.8. The molecule has 0 spiro atoms. The third-order valence-corrected chi connectivity index (χ3v) is 4.16. The number of pyridine rings is 1. The highest BCUT2D eigenvalue weighted by Crippen LogP contribution is 2.37. The van der Waals surface area contributed by atoms with E-state index in [0.29, 0.717) is 34.6 Å². The van der Waals surface area contributed by atoms with Crippen LogP contribution in [0.1, 0.15) is 17.3 Å². The molecule has 6 nitrogen and oxygen atoms in total. The van der Waals surface area contributed by atoms with Gasteiger partial charge in [-0.2, -0.15) is 0 Å². The average molecular weight is 360 g/mol. The Labute approximate surface area is 154 Å². The normalized spacial score (nSPS) is 10.9. The number of furan rings is 1. The number of carbonyl (C=O) groups excluding carboxylic acids is 2. The van der Waals surface area contributed by atoms with E-state index in [0.717, 1.165) is 5.39 Å². The number of carbonyl (C=O) groups is 2. The largest absolute Gasteiger partial charge is 0.490 e. The average Bonchev–Trinajstić information content (AvgIpc) is 3.09. The Hall–Kier alpha value is -3.67. The second-order valence-electron chi connectivity index (χ2n) is 5.87. The molecule has 0 fully saturated rings. The van der Waals surface area contributed by atoms with Gasteiger partial charge in [-0.25, -0.2) is 0 Å². The molecule has 1 amide bonds. The minimum absolute atomic E-state index is 0.264. The number of benzene rings is 2. The highest BCUT2D eigenvalue weighted by atomic mass is 16.5. The highest BCUT2D eigenvalue weighted by molar-refractivity contribution is 6.49. The van der Waals surface area contributed by atoms with Crippen LogP contribution in [0.15, 0.2) is 65.3 Å². The van der Waals surface area contributed by atoms with Crippen molar-refractivity contribution in [3.05, 3.63) is 66.5 Å². The molecule has 0 saturated heterocycles. The molecule has 2 heterocycles. The fourth-order valence-corrected chi connectivity index (χ4v) is 3.01. The van der Waals surface area contributed by atoms with Crippen LogP contribution in [0.5, 0.6) is 5.75 Å². The zero-order valence-electron chi connectivity index (χ0n) is 14.6. The molecule has 0 aliphatic heterocycles. The molecular weight excluding hydrogens is 344 g/mol. The minimum Gasteiger partial charge on any atom is -0.490 e. The molecule has 0 aliphatic rings. The van der Waals surface area contributed by atoms with E-state index in [2.05, 4.69) is 10.3 Å². The van der Waals surface area contributed by atoms with Crippen LogP contribution in [0.25, 0.3) is 21.9 Å². The monoisotopic (exact) mass is 360 g/mol. The number of fused-ring (bicyclic) bond motifs is 3. The molecule has 6 heteroatoms. The molecule has 0 atom stereocenters. The van der Waals surface area contributed by atoms with Gasteiger partial charge in [0.05, 0.1) is 18.5 Å². The Morgan fingerprint density at radius 1 is 1.11 bits per heavy atom. The van der Waals surface area contributed by atoms with Gasteiger partial charge in [0.2, 0.25) is 0 Å². The SMILES string of the molecule is CCOc1ccc(C(=O)C(=O)Nc2cccnc2)c2c1oc1ccccc12. The summed E-state index contributed by atoms with van der Waals surface area (Å²) in [6.45, 7) is 2.33. The number of amides is 1. The highest BCUT2D eigenvalue weighted by Gasteiger charge is 2.24. The molecule has 1 N–H and O–H groups in total. The van der Waals surface area contributed by atoms with Gasteiger partial charge in [0.25, 0.3) is 11.7 Å². The van der Waals surface area contributed by atoms with Gasteiger partial charge < -0.3 is 14.5 Å². The van der Waals surface area contributed by atoms with Gasteiger partial charge in [-0.1, -0.05) is 18.2 Å². The van der Waals surface area contributed by atoms with Gasteiger partial charge in [0, 0.05) is 22.5 Å². The molecule has 2 aromatic heterocycles. The lowest BCUT2D eigenvalue weighted by Crippen LogP contribution is -2.23. The maximum atomic E-state index is 12.9. The number of hydrogen-bond acceptors (Lipinski definition) is 5. The number of nitrogens with zero attached hydrogens (tertiary/aromatic N) is 1. The third-order valence-electron chi connectivity index (χ3n) is 4.16. The summed E-state index contributed by atoms with van der Waals surface area (Å²) in [6, 6.07) is 14.0. The first-order valence-electron chi connectivity index (χ1n) is 8.51. The van der Waals surface area contributed by atoms with E-state index in [4.69, 9.17) is 9.15 Å². The van der Waals surface area contributed by atoms with Crippen molar-refractivity contribution in [2.45, 2.75) is 6.92 Å². The number of aromatic nitrogens is 1. The summed E-state index contributed by atoms with van der Waals surface area (Å²) in [6.07, 6.45) is 3.07. The van der Waals surface area contributed by atoms with Crippen molar-refractivity contribution in [1.29, 1.82) is 0 Å². The standard InChI is InChI=1S/C21H16N2O4/c1-2-26-17-10-9-15(18-14-7-3-4-8-16(14)27-20(17)18)19(24)21(25)23-13-6-5-11-22-12-13/h3-12H,2H2,1H3,(H,23,25). The predicted molar refractivity (Wildman–Crippen MR) is 102 cm³/mol. The van der Waals surface area contributed by atoms with E-state index in [-0.39, 0.29) is 5.56 Å². The van der Waals surface area contributed by atoms with Gasteiger partial charge in [-0.05, 0) is 37.3 Å². The zero-order valence-corrected chi connectivity index (χ0v) is 14.6. The third kappa shape index (κ3) is 3.01. The molecule has 4 aromatic rings. The Kier molecular flexibility index (Phi) is 4.30. The molecule has 134 valence electrons. The molecule has 0 unspecified atom stereocenters. The van der Waals surface area contributed by atoms with E-state index in [1.54, 1.807) is 30.5 Å². The molecule has 27 heavy (non-hydrogen) atoms. The van der Waals surface area contributed by atoms with Crippen LogP contribution >= 0.6 is 0 Å². The Morgan fingerprint density at radius 3 is 2.74 bits per heavy atom. The summed E-state index contributed by atoms with van der Waals surface area (Å²) < 4.78 is 11.5. The van der Waals surface area contributed by atoms with Gasteiger partial charge in [0.1, 0.15) is 5.58 Å². The van der Waals surface area contributed by atoms with Crippen molar-refractivity contribution >= 4 is 39.3 Å². The van der Waals surface area contributed by atoms with Crippen molar-refractivity contribution in [2.75, 3.05) is 11.9 Å². The lowest BCUT2D eigenvalue weighted by molar-refractivity contribution is -0.112. The second kappa shape index (κ2) is 6.92. The van der Waals surface area contributed by atoms with Crippen LogP contribution < -0.4 is 10.1 Å². The summed E-state index contributed by atoms with van der Waals surface area (Å²) >= 11 is 0. The van der Waals surface area contributed by atoms with Crippen LogP contribution in [0.4, 0.5) is 5.69 Å². The molecule has 0 radical (unpaired) electrons. The van der Waals surface area contributed by atoms with E-state index in [1.807, 2.05) is 31.2 Å². The minimum atomic E-state index is -0.737. The Balaban J connectivity index is 1.82. The maximum Gasteiger partial charge on any atom is 0.296 e. The van der Waals surface area contributed by atoms with Crippen LogP contribution in [-0.4, -0.2) is 23.3 Å². The van der Waals surface area contributed by atoms with Crippen molar-refractivity contribution < 1.29 is 18.7 Å². The number of rotatable bonds is 5. The van der Waals surface area contributed by atoms with E-state index in [1.165, 1.54) is 6.20 Å². The van der Waals surface area contributed by atoms with Crippen molar-refractivity contribution in [1.82, 2.24) is 4.98 Å². The second-order valence-corrected chi connectivity index (χ2v) is 5.87. The van der Waals surface area contributed by atoms with Crippen molar-refractivity contribution in [3.8, 4) is 5.75 Å². The van der Waals surface area contributed by atoms with E-state index >= 15 is 0 Å². The molecule has 2 aromatic carbocycles. The van der Waals surface area contributed by atoms with Gasteiger partial charge >= 0.3 is 0 Å². The quantitative estimate of drug-likeness (QED) is 0.426. The number of ether oxygens (including phenoxy) is 1. The molecule has 4 rings (SSSR count). The fraction of sp³-hybridized carbons (Fsp3) is 0.0952. The number of para-hydroxylation sites is 1.